The second-order valence-corrected chi connectivity index (χ2v) is 9.66. The molecule has 11 N–H and O–H groups in total. The van der Waals surface area contributed by atoms with E-state index in [2.05, 4.69) is 21.4 Å². The minimum atomic E-state index is -1.60. The highest BCUT2D eigenvalue weighted by atomic mass is 16.5. The summed E-state index contributed by atoms with van der Waals surface area (Å²) in [6.45, 7) is 4.31. The number of aromatic nitrogens is 2. The van der Waals surface area contributed by atoms with E-state index in [1.807, 2.05) is 13.8 Å². The maximum atomic E-state index is 12.9. The minimum Gasteiger partial charge on any atom is -0.547 e. The lowest BCUT2D eigenvalue weighted by molar-refractivity contribution is -0.500. The average Bonchev–Trinajstić information content (AvgIpc) is 2.81. The number of nitrogens with two attached hydrogens (primary N) is 3. The van der Waals surface area contributed by atoms with E-state index in [9.17, 15) is 24.3 Å². The third kappa shape index (κ3) is 8.85. The van der Waals surface area contributed by atoms with E-state index in [-0.39, 0.29) is 30.0 Å². The number of rotatable bonds is 12. The lowest BCUT2D eigenvalue weighted by atomic mass is 10.0. The number of amides is 2. The molecule has 5 atom stereocenters. The number of nitrogens with one attached hydrogen (secondary N) is 2. The van der Waals surface area contributed by atoms with Gasteiger partial charge in [0.1, 0.15) is 11.9 Å². The van der Waals surface area contributed by atoms with Gasteiger partial charge in [0.05, 0.1) is 25.6 Å². The van der Waals surface area contributed by atoms with Gasteiger partial charge in [-0.2, -0.15) is 4.98 Å². The van der Waals surface area contributed by atoms with Crippen LogP contribution in [0.5, 0.6) is 0 Å². The first-order chi connectivity index (χ1) is 17.8. The van der Waals surface area contributed by atoms with Crippen molar-refractivity contribution in [3.63, 3.8) is 0 Å². The minimum absolute atomic E-state index is 0.00175. The molecule has 1 aliphatic heterocycles. The number of guanidine groups is 1. The zero-order valence-electron chi connectivity index (χ0n) is 21.8. The van der Waals surface area contributed by atoms with Crippen molar-refractivity contribution in [2.24, 2.45) is 17.4 Å². The van der Waals surface area contributed by atoms with Gasteiger partial charge in [0, 0.05) is 25.1 Å². The monoisotopic (exact) mass is 536 g/mol. The molecule has 15 nitrogen and oxygen atoms in total. The van der Waals surface area contributed by atoms with Crippen LogP contribution in [-0.4, -0.2) is 75.7 Å². The van der Waals surface area contributed by atoms with Gasteiger partial charge >= 0.3 is 11.6 Å². The predicted octanol–water partition coefficient (Wildman–Crippen LogP) is -4.65. The number of anilines is 1. The zero-order valence-corrected chi connectivity index (χ0v) is 21.8. The molecule has 2 rings (SSSR count). The first-order valence-corrected chi connectivity index (χ1v) is 12.2. The van der Waals surface area contributed by atoms with Crippen molar-refractivity contribution < 1.29 is 34.5 Å². The van der Waals surface area contributed by atoms with E-state index in [4.69, 9.17) is 21.9 Å². The van der Waals surface area contributed by atoms with Crippen LogP contribution >= 0.6 is 0 Å². The van der Waals surface area contributed by atoms with Crippen molar-refractivity contribution in [2.75, 3.05) is 19.3 Å². The first-order valence-electron chi connectivity index (χ1n) is 12.2. The molecule has 1 aliphatic rings. The molecule has 15 heteroatoms. The third-order valence-electron chi connectivity index (χ3n) is 5.94. The van der Waals surface area contributed by atoms with Crippen molar-refractivity contribution in [1.82, 2.24) is 20.2 Å². The van der Waals surface area contributed by atoms with Crippen LogP contribution in [0.25, 0.3) is 0 Å². The molecule has 0 unspecified atom stereocenters. The third-order valence-corrected chi connectivity index (χ3v) is 5.94. The molecule has 0 radical (unpaired) electrons. The number of carboxylic acid groups (broad SMARTS) is 1. The maximum Gasteiger partial charge on any atom is 0.351 e. The quantitative estimate of drug-likeness (QED) is 0.0644. The van der Waals surface area contributed by atoms with Gasteiger partial charge in [-0.3, -0.25) is 30.2 Å². The number of nitrogen functional groups attached to an aromatic ring is 1. The Morgan fingerprint density at radius 1 is 1.29 bits per heavy atom. The Labute approximate surface area is 219 Å². The van der Waals surface area contributed by atoms with Crippen molar-refractivity contribution in [3.05, 3.63) is 34.9 Å². The summed E-state index contributed by atoms with van der Waals surface area (Å²) in [5.41, 5.74) is 19.8. The maximum absolute atomic E-state index is 12.9. The molecular formula is C23H38N9O6+. The molecule has 0 aromatic carbocycles. The summed E-state index contributed by atoms with van der Waals surface area (Å²) in [5.74, 6) is -2.09. The van der Waals surface area contributed by atoms with Gasteiger partial charge in [0.25, 0.3) is 5.91 Å². The first kappa shape index (κ1) is 30.2. The number of hydrogen-bond donors (Lipinski definition) is 6. The highest BCUT2D eigenvalue weighted by Crippen LogP contribution is 2.20. The molecule has 0 bridgehead atoms. The number of aliphatic carboxylic acids is 1. The lowest BCUT2D eigenvalue weighted by Gasteiger charge is -2.34. The fraction of sp³-hybridized carbons (Fsp3) is 0.565. The van der Waals surface area contributed by atoms with E-state index in [1.165, 1.54) is 24.4 Å². The number of quaternary nitrogens is 1. The predicted molar refractivity (Wildman–Crippen MR) is 135 cm³/mol. The van der Waals surface area contributed by atoms with Crippen molar-refractivity contribution in [3.8, 4) is 0 Å². The Bertz CT molecular complexity index is 1130. The second kappa shape index (κ2) is 13.5. The number of carboxylic acids is 1. The molecule has 1 aromatic heterocycles. The van der Waals surface area contributed by atoms with Gasteiger partial charge in [0.2, 0.25) is 5.91 Å². The molecule has 0 fully saturated rings. The van der Waals surface area contributed by atoms with Crippen LogP contribution in [0.15, 0.2) is 29.2 Å². The Morgan fingerprint density at radius 2 is 1.97 bits per heavy atom. The average molecular weight is 537 g/mol. The zero-order chi connectivity index (χ0) is 28.6. The van der Waals surface area contributed by atoms with Crippen LogP contribution in [0.1, 0.15) is 39.3 Å². The van der Waals surface area contributed by atoms with Crippen molar-refractivity contribution in [2.45, 2.75) is 63.6 Å². The highest BCUT2D eigenvalue weighted by Gasteiger charge is 2.32. The molecule has 2 heterocycles. The number of carbonyl (C=O) groups excluding carboxylic acids is 3. The van der Waals surface area contributed by atoms with E-state index in [1.54, 1.807) is 11.6 Å². The Hall–Kier alpha value is -3.98. The van der Waals surface area contributed by atoms with Crippen LogP contribution < -0.4 is 44.4 Å². The molecule has 38 heavy (non-hydrogen) atoms. The fourth-order valence-corrected chi connectivity index (χ4v) is 3.87. The van der Waals surface area contributed by atoms with Crippen LogP contribution in [0.3, 0.4) is 0 Å². The molecule has 210 valence electrons. The number of hydrogen-bond acceptors (Lipinski definition) is 8. The Kier molecular flexibility index (Phi) is 10.8. The van der Waals surface area contributed by atoms with Crippen LogP contribution in [0.2, 0.25) is 0 Å². The van der Waals surface area contributed by atoms with E-state index < -0.39 is 48.0 Å². The highest BCUT2D eigenvalue weighted by molar-refractivity contribution is 5.83. The molecule has 0 spiro atoms. The molecular weight excluding hydrogens is 498 g/mol. The largest absolute Gasteiger partial charge is 0.547 e. The van der Waals surface area contributed by atoms with Crippen molar-refractivity contribution in [1.29, 1.82) is 0 Å². The number of ether oxygens (including phenoxy) is 1. The molecule has 0 saturated carbocycles. The van der Waals surface area contributed by atoms with Crippen LogP contribution in [0, 0.1) is 5.92 Å². The summed E-state index contributed by atoms with van der Waals surface area (Å²) >= 11 is 0. The fourth-order valence-electron chi connectivity index (χ4n) is 3.87. The van der Waals surface area contributed by atoms with Gasteiger partial charge in [-0.05, 0) is 24.5 Å². The number of nitrogens with zero attached hydrogens (tertiary/aromatic N) is 3. The summed E-state index contributed by atoms with van der Waals surface area (Å²) in [6.07, 6.45) is 2.18. The van der Waals surface area contributed by atoms with Gasteiger partial charge in [-0.1, -0.05) is 19.9 Å². The van der Waals surface area contributed by atoms with Gasteiger partial charge < -0.3 is 36.7 Å². The van der Waals surface area contributed by atoms with Crippen LogP contribution in [-0.2, 0) is 19.1 Å². The van der Waals surface area contributed by atoms with Gasteiger partial charge in [0.15, 0.2) is 12.3 Å². The van der Waals surface area contributed by atoms with Gasteiger partial charge in [-0.15, -0.1) is 0 Å². The van der Waals surface area contributed by atoms with E-state index in [0.717, 1.165) is 4.57 Å². The second-order valence-electron chi connectivity index (χ2n) is 9.66. The summed E-state index contributed by atoms with van der Waals surface area (Å²) in [6, 6.07) is -0.845. The van der Waals surface area contributed by atoms with Crippen molar-refractivity contribution >= 4 is 29.6 Å². The Balaban J connectivity index is 2.14. The van der Waals surface area contributed by atoms with E-state index in [0.29, 0.717) is 19.4 Å². The molecule has 1 aromatic rings. The lowest BCUT2D eigenvalue weighted by Crippen LogP contribution is -2.68. The summed E-state index contributed by atoms with van der Waals surface area (Å²) in [7, 11) is 1.67. The normalized spacial score (nSPS) is 20.4. The van der Waals surface area contributed by atoms with Crippen LogP contribution in [0.4, 0.5) is 5.82 Å². The molecule has 0 saturated heterocycles. The summed E-state index contributed by atoms with van der Waals surface area (Å²) in [5, 5.41) is 17.2. The number of carbonyl (C=O) groups is 3. The topological polar surface area (TPSA) is 251 Å². The Morgan fingerprint density at radius 3 is 2.55 bits per heavy atom. The summed E-state index contributed by atoms with van der Waals surface area (Å²) in [4.78, 5) is 53.1. The molecule has 2 amide bonds. The SMILES string of the molecule is CC(C)C[C@H]([NH3+])C(=O)N[C@@H](CC[N+](C)=C(N)N)CC(=O)N[C@H]1C=C[C@H](n2ccc(N)nc2=O)O[C@@H]1C(=O)[O-]. The van der Waals surface area contributed by atoms with E-state index >= 15 is 0 Å². The molecule has 0 aliphatic carbocycles. The standard InChI is InChI=1S/C23H37N9O6/c1-12(2)10-14(24)20(34)28-13(6-8-31(3)22(26)27)11-17(33)29-15-4-5-18(38-19(15)21(35)36)32-9-7-16(25)30-23(32)37/h4-5,7,9,12-15,18-19H,6,8,10-11,24H2,1-3H3,(H8,25,26,27,28,29,30,33,34,35,36,37)/p+1/t13-,14-,15-,18+,19-/m0/s1. The smallest absolute Gasteiger partial charge is 0.351 e. The van der Waals surface area contributed by atoms with Gasteiger partial charge in [-0.25, -0.2) is 4.79 Å². The summed E-state index contributed by atoms with van der Waals surface area (Å²) < 4.78 is 8.14.